The number of thiazole rings is 1. The van der Waals surface area contributed by atoms with E-state index in [1.54, 1.807) is 11.3 Å². The molecular weight excluding hydrogens is 378 g/mol. The highest BCUT2D eigenvalue weighted by molar-refractivity contribution is 7.19. The maximum Gasteiger partial charge on any atom is 0.187 e. The molecule has 0 aliphatic heterocycles. The molecule has 2 fully saturated rings. The lowest BCUT2D eigenvalue weighted by Gasteiger charge is -2.41. The topological polar surface area (TPSA) is 45.2 Å². The summed E-state index contributed by atoms with van der Waals surface area (Å²) in [4.78, 5) is 20.5. The van der Waals surface area contributed by atoms with E-state index < -0.39 is 0 Å². The van der Waals surface area contributed by atoms with Gasteiger partial charge in [0.1, 0.15) is 5.69 Å². The standard InChI is InChI=1S/C24H33N3OS/c1-25-16-18-10-8-9-15-21(18)23-22(17-28)26-24(29-23)27(19-11-4-2-5-12-19)20-13-6-3-7-14-20/h8-10,15,17,19-20,25H,2-7,11-14,16H2,1H3. The highest BCUT2D eigenvalue weighted by atomic mass is 32.1. The average Bonchev–Trinajstić information content (AvgIpc) is 3.20. The van der Waals surface area contributed by atoms with Crippen LogP contribution < -0.4 is 10.2 Å². The summed E-state index contributed by atoms with van der Waals surface area (Å²) >= 11 is 1.73. The molecule has 1 aromatic carbocycles. The van der Waals surface area contributed by atoms with Crippen molar-refractivity contribution in [3.63, 3.8) is 0 Å². The van der Waals surface area contributed by atoms with Crippen molar-refractivity contribution in [2.75, 3.05) is 11.9 Å². The third-order valence-corrected chi connectivity index (χ3v) is 7.66. The van der Waals surface area contributed by atoms with Crippen LogP contribution in [0.1, 0.15) is 80.3 Å². The molecule has 0 bridgehead atoms. The van der Waals surface area contributed by atoms with Crippen LogP contribution in [0.25, 0.3) is 10.4 Å². The number of hydrogen-bond acceptors (Lipinski definition) is 5. The number of aromatic nitrogens is 1. The van der Waals surface area contributed by atoms with Gasteiger partial charge in [0.2, 0.25) is 0 Å². The van der Waals surface area contributed by atoms with E-state index in [1.807, 2.05) is 7.05 Å². The summed E-state index contributed by atoms with van der Waals surface area (Å²) in [5.41, 5.74) is 2.96. The molecule has 156 valence electrons. The Morgan fingerprint density at radius 1 is 1.03 bits per heavy atom. The van der Waals surface area contributed by atoms with Gasteiger partial charge < -0.3 is 10.2 Å². The molecule has 0 unspecified atom stereocenters. The SMILES string of the molecule is CNCc1ccccc1-c1sc(N(C2CCCCC2)C2CCCCC2)nc1C=O. The summed E-state index contributed by atoms with van der Waals surface area (Å²) in [5.74, 6) is 0. The lowest BCUT2D eigenvalue weighted by atomic mass is 9.89. The van der Waals surface area contributed by atoms with Crippen molar-refractivity contribution in [2.45, 2.75) is 82.8 Å². The Hall–Kier alpha value is -1.72. The normalized spacial score (nSPS) is 18.7. The van der Waals surface area contributed by atoms with Crippen LogP contribution in [-0.2, 0) is 6.54 Å². The molecule has 1 N–H and O–H groups in total. The molecule has 0 atom stereocenters. The first kappa shape index (κ1) is 20.5. The Balaban J connectivity index is 1.73. The van der Waals surface area contributed by atoms with Crippen LogP contribution in [0.15, 0.2) is 24.3 Å². The summed E-state index contributed by atoms with van der Waals surface area (Å²) in [6, 6.07) is 9.55. The van der Waals surface area contributed by atoms with Gasteiger partial charge >= 0.3 is 0 Å². The number of nitrogens with one attached hydrogen (secondary N) is 1. The molecule has 0 saturated heterocycles. The smallest absolute Gasteiger partial charge is 0.187 e. The second-order valence-electron chi connectivity index (χ2n) is 8.51. The van der Waals surface area contributed by atoms with Gasteiger partial charge in [0.15, 0.2) is 11.4 Å². The summed E-state index contributed by atoms with van der Waals surface area (Å²) in [6.07, 6.45) is 14.0. The number of rotatable bonds is 7. The van der Waals surface area contributed by atoms with Gasteiger partial charge in [-0.1, -0.05) is 74.1 Å². The minimum absolute atomic E-state index is 0.581. The Morgan fingerprint density at radius 3 is 2.24 bits per heavy atom. The third-order valence-electron chi connectivity index (χ3n) is 6.54. The second kappa shape index (κ2) is 9.86. The predicted molar refractivity (Wildman–Crippen MR) is 122 cm³/mol. The number of carbonyl (C=O) groups is 1. The number of aldehydes is 1. The number of benzene rings is 1. The molecule has 4 nitrogen and oxygen atoms in total. The van der Waals surface area contributed by atoms with Crippen LogP contribution in [0, 0.1) is 0 Å². The quantitative estimate of drug-likeness (QED) is 0.584. The molecule has 1 heterocycles. The van der Waals surface area contributed by atoms with Crippen molar-refractivity contribution in [3.05, 3.63) is 35.5 Å². The lowest BCUT2D eigenvalue weighted by molar-refractivity contribution is 0.112. The van der Waals surface area contributed by atoms with Crippen molar-refractivity contribution in [1.29, 1.82) is 0 Å². The molecule has 0 amide bonds. The molecule has 0 radical (unpaired) electrons. The lowest BCUT2D eigenvalue weighted by Crippen LogP contribution is -2.45. The van der Waals surface area contributed by atoms with E-state index in [0.717, 1.165) is 28.4 Å². The zero-order chi connectivity index (χ0) is 20.1. The van der Waals surface area contributed by atoms with Crippen LogP contribution in [0.5, 0.6) is 0 Å². The average molecular weight is 412 g/mol. The summed E-state index contributed by atoms with van der Waals surface area (Å²) in [7, 11) is 1.96. The first-order chi connectivity index (χ1) is 14.3. The molecule has 0 spiro atoms. The molecule has 2 saturated carbocycles. The van der Waals surface area contributed by atoms with Gasteiger partial charge in [0.25, 0.3) is 0 Å². The van der Waals surface area contributed by atoms with E-state index in [9.17, 15) is 4.79 Å². The van der Waals surface area contributed by atoms with Gasteiger partial charge in [-0.25, -0.2) is 4.98 Å². The number of nitrogens with zero attached hydrogens (tertiary/aromatic N) is 2. The van der Waals surface area contributed by atoms with E-state index in [0.29, 0.717) is 17.8 Å². The largest absolute Gasteiger partial charge is 0.342 e. The van der Waals surface area contributed by atoms with Gasteiger partial charge in [-0.3, -0.25) is 4.79 Å². The van der Waals surface area contributed by atoms with Crippen LogP contribution in [0.4, 0.5) is 5.13 Å². The highest BCUT2D eigenvalue weighted by Crippen LogP contribution is 2.41. The zero-order valence-corrected chi connectivity index (χ0v) is 18.3. The van der Waals surface area contributed by atoms with Crippen LogP contribution in [0.3, 0.4) is 0 Å². The predicted octanol–water partition coefficient (Wildman–Crippen LogP) is 5.81. The van der Waals surface area contributed by atoms with Crippen molar-refractivity contribution >= 4 is 22.8 Å². The Morgan fingerprint density at radius 2 is 1.66 bits per heavy atom. The van der Waals surface area contributed by atoms with Crippen molar-refractivity contribution in [3.8, 4) is 10.4 Å². The van der Waals surface area contributed by atoms with Crippen LogP contribution in [-0.4, -0.2) is 30.4 Å². The molecule has 1 aromatic heterocycles. The van der Waals surface area contributed by atoms with Gasteiger partial charge in [0, 0.05) is 18.6 Å². The van der Waals surface area contributed by atoms with Gasteiger partial charge in [0.05, 0.1) is 4.88 Å². The van der Waals surface area contributed by atoms with Crippen LogP contribution >= 0.6 is 11.3 Å². The molecule has 5 heteroatoms. The monoisotopic (exact) mass is 411 g/mol. The number of carbonyl (C=O) groups excluding carboxylic acids is 1. The van der Waals surface area contributed by atoms with E-state index in [1.165, 1.54) is 69.8 Å². The van der Waals surface area contributed by atoms with E-state index in [-0.39, 0.29) is 0 Å². The van der Waals surface area contributed by atoms with Gasteiger partial charge in [-0.2, -0.15) is 0 Å². The zero-order valence-electron chi connectivity index (χ0n) is 17.5. The Bertz CT molecular complexity index is 788. The van der Waals surface area contributed by atoms with Crippen molar-refractivity contribution < 1.29 is 4.79 Å². The van der Waals surface area contributed by atoms with E-state index >= 15 is 0 Å². The van der Waals surface area contributed by atoms with Gasteiger partial charge in [-0.05, 0) is 43.9 Å². The fourth-order valence-corrected chi connectivity index (χ4v) is 6.36. The van der Waals surface area contributed by atoms with Gasteiger partial charge in [-0.15, -0.1) is 0 Å². The molecule has 2 aromatic rings. The van der Waals surface area contributed by atoms with Crippen molar-refractivity contribution in [2.24, 2.45) is 0 Å². The Kier molecular flexibility index (Phi) is 6.98. The fourth-order valence-electron chi connectivity index (χ4n) is 5.12. The van der Waals surface area contributed by atoms with E-state index in [4.69, 9.17) is 4.98 Å². The molecular formula is C24H33N3OS. The first-order valence-corrected chi connectivity index (χ1v) is 12.1. The third kappa shape index (κ3) is 4.56. The Labute approximate surface area is 178 Å². The minimum Gasteiger partial charge on any atom is -0.342 e. The second-order valence-corrected chi connectivity index (χ2v) is 9.48. The van der Waals surface area contributed by atoms with E-state index in [2.05, 4.69) is 34.5 Å². The van der Waals surface area contributed by atoms with Crippen LogP contribution in [0.2, 0.25) is 0 Å². The summed E-state index contributed by atoms with van der Waals surface area (Å²) < 4.78 is 0. The molecule has 2 aliphatic carbocycles. The maximum atomic E-state index is 12.0. The fraction of sp³-hybridized carbons (Fsp3) is 0.583. The molecule has 2 aliphatic rings. The summed E-state index contributed by atoms with van der Waals surface area (Å²) in [5, 5.41) is 4.32. The maximum absolute atomic E-state index is 12.0. The highest BCUT2D eigenvalue weighted by Gasteiger charge is 2.32. The molecule has 29 heavy (non-hydrogen) atoms. The summed E-state index contributed by atoms with van der Waals surface area (Å²) in [6.45, 7) is 0.788. The first-order valence-electron chi connectivity index (χ1n) is 11.3. The molecule has 4 rings (SSSR count). The minimum atomic E-state index is 0.581. The van der Waals surface area contributed by atoms with Crippen molar-refractivity contribution in [1.82, 2.24) is 10.3 Å². The number of hydrogen-bond donors (Lipinski definition) is 1. The number of anilines is 1.